The zero-order valence-corrected chi connectivity index (χ0v) is 15.7. The Hall–Kier alpha value is -2.20. The molecular weight excluding hydrogens is 324 g/mol. The Kier molecular flexibility index (Phi) is 6.92. The van der Waals surface area contributed by atoms with Gasteiger partial charge in [0.2, 0.25) is 0 Å². The molecule has 26 heavy (non-hydrogen) atoms. The molecular formula is C23H28O3. The lowest BCUT2D eigenvalue weighted by atomic mass is 9.99. The van der Waals surface area contributed by atoms with E-state index in [1.54, 1.807) is 32.1 Å². The fraction of sp³-hybridized carbons (Fsp3) is 0.304. The Morgan fingerprint density at radius 2 is 1.65 bits per heavy atom. The van der Waals surface area contributed by atoms with Crippen molar-refractivity contribution in [1.29, 1.82) is 0 Å². The Bertz CT molecular complexity index is 763. The van der Waals surface area contributed by atoms with Gasteiger partial charge in [-0.05, 0) is 55.9 Å². The lowest BCUT2D eigenvalue weighted by molar-refractivity contribution is -0.0424. The second-order valence-corrected chi connectivity index (χ2v) is 7.18. The monoisotopic (exact) mass is 352 g/mol. The van der Waals surface area contributed by atoms with E-state index in [2.05, 4.69) is 31.2 Å². The van der Waals surface area contributed by atoms with Crippen LogP contribution in [0.5, 0.6) is 0 Å². The van der Waals surface area contributed by atoms with Crippen LogP contribution in [0.2, 0.25) is 0 Å². The van der Waals surface area contributed by atoms with Crippen LogP contribution in [0, 0.1) is 0 Å². The van der Waals surface area contributed by atoms with Gasteiger partial charge in [-0.3, -0.25) is 0 Å². The van der Waals surface area contributed by atoms with Gasteiger partial charge < -0.3 is 15.3 Å². The summed E-state index contributed by atoms with van der Waals surface area (Å²) >= 11 is 0. The molecule has 0 atom stereocenters. The Morgan fingerprint density at radius 1 is 1.00 bits per heavy atom. The smallest absolute Gasteiger partial charge is 0.178 e. The number of hydrogen-bond donors (Lipinski definition) is 3. The minimum absolute atomic E-state index is 0.510. The average Bonchev–Trinajstić information content (AvgIpc) is 2.59. The van der Waals surface area contributed by atoms with Crippen molar-refractivity contribution < 1.29 is 15.3 Å². The molecule has 0 spiro atoms. The van der Waals surface area contributed by atoms with E-state index in [1.165, 1.54) is 16.7 Å². The van der Waals surface area contributed by atoms with Crippen LogP contribution in [0.25, 0.3) is 5.57 Å². The summed E-state index contributed by atoms with van der Waals surface area (Å²) in [6.07, 6.45) is 6.07. The molecule has 3 heteroatoms. The lowest BCUT2D eigenvalue weighted by Gasteiger charge is -2.09. The van der Waals surface area contributed by atoms with Crippen LogP contribution in [-0.4, -0.2) is 20.9 Å². The first-order chi connectivity index (χ1) is 12.2. The normalized spacial score (nSPS) is 13.0. The Morgan fingerprint density at radius 3 is 2.27 bits per heavy atom. The minimum atomic E-state index is -1.42. The first kappa shape index (κ1) is 20.1. The summed E-state index contributed by atoms with van der Waals surface area (Å²) in [6, 6.07) is 15.8. The van der Waals surface area contributed by atoms with E-state index in [0.717, 1.165) is 18.4 Å². The van der Waals surface area contributed by atoms with Gasteiger partial charge in [0.1, 0.15) is 0 Å². The SMILES string of the molecule is CC(=CC=CC(C)(C)O)c1cccc(CCc2ccc(C(O)O)cc2)c1. The van der Waals surface area contributed by atoms with E-state index in [0.29, 0.717) is 5.56 Å². The van der Waals surface area contributed by atoms with Crippen LogP contribution >= 0.6 is 0 Å². The summed E-state index contributed by atoms with van der Waals surface area (Å²) in [5.41, 5.74) is 4.44. The number of rotatable bonds is 7. The topological polar surface area (TPSA) is 60.7 Å². The molecule has 138 valence electrons. The molecule has 2 aromatic rings. The van der Waals surface area contributed by atoms with Gasteiger partial charge in [-0.1, -0.05) is 66.8 Å². The van der Waals surface area contributed by atoms with Gasteiger partial charge in [0, 0.05) is 5.56 Å². The third kappa shape index (κ3) is 6.60. The van der Waals surface area contributed by atoms with Gasteiger partial charge in [-0.25, -0.2) is 0 Å². The maximum Gasteiger partial charge on any atom is 0.178 e. The van der Waals surface area contributed by atoms with E-state index in [1.807, 2.05) is 24.3 Å². The maximum atomic E-state index is 9.73. The Labute approximate surface area is 156 Å². The van der Waals surface area contributed by atoms with E-state index in [-0.39, 0.29) is 0 Å². The molecule has 2 rings (SSSR count). The summed E-state index contributed by atoms with van der Waals surface area (Å²) in [7, 11) is 0. The number of aliphatic hydroxyl groups is 3. The fourth-order valence-corrected chi connectivity index (χ4v) is 2.64. The molecule has 3 N–H and O–H groups in total. The van der Waals surface area contributed by atoms with Crippen LogP contribution in [0.1, 0.15) is 49.3 Å². The highest BCUT2D eigenvalue weighted by Crippen LogP contribution is 2.18. The summed E-state index contributed by atoms with van der Waals surface area (Å²) in [6.45, 7) is 5.56. The molecule has 0 aliphatic rings. The van der Waals surface area contributed by atoms with Crippen molar-refractivity contribution in [3.8, 4) is 0 Å². The van der Waals surface area contributed by atoms with Gasteiger partial charge in [0.15, 0.2) is 6.29 Å². The van der Waals surface area contributed by atoms with Crippen LogP contribution in [0.15, 0.2) is 66.8 Å². The molecule has 0 heterocycles. The molecule has 0 fully saturated rings. The van der Waals surface area contributed by atoms with Crippen molar-refractivity contribution in [3.05, 3.63) is 89.0 Å². The second-order valence-electron chi connectivity index (χ2n) is 7.18. The van der Waals surface area contributed by atoms with Crippen LogP contribution in [-0.2, 0) is 12.8 Å². The second kappa shape index (κ2) is 8.95. The molecule has 0 amide bonds. The van der Waals surface area contributed by atoms with Crippen molar-refractivity contribution in [2.75, 3.05) is 0 Å². The summed E-state index contributed by atoms with van der Waals surface area (Å²) in [5.74, 6) is 0. The van der Waals surface area contributed by atoms with Gasteiger partial charge in [0.05, 0.1) is 5.60 Å². The highest BCUT2D eigenvalue weighted by atomic mass is 16.5. The molecule has 2 aromatic carbocycles. The molecule has 0 saturated carbocycles. The Balaban J connectivity index is 2.02. The quantitative estimate of drug-likeness (QED) is 0.517. The first-order valence-electron chi connectivity index (χ1n) is 8.87. The van der Waals surface area contributed by atoms with Crippen LogP contribution in [0.4, 0.5) is 0 Å². The predicted octanol–water partition coefficient (Wildman–Crippen LogP) is 4.19. The minimum Gasteiger partial charge on any atom is -0.386 e. The summed E-state index contributed by atoms with van der Waals surface area (Å²) in [4.78, 5) is 0. The standard InChI is InChI=1S/C23H28O3/c1-17(6-5-15-23(2,3)26)21-8-4-7-19(16-21)10-9-18-11-13-20(14-12-18)22(24)25/h4-8,11-16,22,24-26H,9-10H2,1-3H3. The third-order valence-corrected chi connectivity index (χ3v) is 4.21. The molecule has 0 unspecified atom stereocenters. The van der Waals surface area contributed by atoms with Gasteiger partial charge >= 0.3 is 0 Å². The van der Waals surface area contributed by atoms with Crippen molar-refractivity contribution >= 4 is 5.57 Å². The summed E-state index contributed by atoms with van der Waals surface area (Å²) in [5, 5.41) is 28.0. The highest BCUT2D eigenvalue weighted by molar-refractivity contribution is 5.65. The van der Waals surface area contributed by atoms with E-state index < -0.39 is 11.9 Å². The maximum absolute atomic E-state index is 9.73. The van der Waals surface area contributed by atoms with Gasteiger partial charge in [0.25, 0.3) is 0 Å². The predicted molar refractivity (Wildman–Crippen MR) is 107 cm³/mol. The number of allylic oxidation sites excluding steroid dienone is 3. The fourth-order valence-electron chi connectivity index (χ4n) is 2.64. The number of aryl methyl sites for hydroxylation is 2. The highest BCUT2D eigenvalue weighted by Gasteiger charge is 2.05. The third-order valence-electron chi connectivity index (χ3n) is 4.21. The van der Waals surface area contributed by atoms with Crippen molar-refractivity contribution in [3.63, 3.8) is 0 Å². The molecule has 0 bridgehead atoms. The summed E-state index contributed by atoms with van der Waals surface area (Å²) < 4.78 is 0. The molecule has 0 radical (unpaired) electrons. The van der Waals surface area contributed by atoms with E-state index in [4.69, 9.17) is 10.2 Å². The number of aliphatic hydroxyl groups excluding tert-OH is 1. The number of hydrogen-bond acceptors (Lipinski definition) is 3. The molecule has 0 aromatic heterocycles. The molecule has 3 nitrogen and oxygen atoms in total. The van der Waals surface area contributed by atoms with Crippen molar-refractivity contribution in [2.24, 2.45) is 0 Å². The first-order valence-corrected chi connectivity index (χ1v) is 8.87. The largest absolute Gasteiger partial charge is 0.386 e. The van der Waals surface area contributed by atoms with Crippen molar-refractivity contribution in [1.82, 2.24) is 0 Å². The van der Waals surface area contributed by atoms with Gasteiger partial charge in [-0.15, -0.1) is 0 Å². The van der Waals surface area contributed by atoms with Gasteiger partial charge in [-0.2, -0.15) is 0 Å². The molecule has 0 aliphatic carbocycles. The molecule has 0 aliphatic heterocycles. The van der Waals surface area contributed by atoms with Crippen LogP contribution < -0.4 is 0 Å². The number of benzene rings is 2. The zero-order valence-electron chi connectivity index (χ0n) is 15.7. The lowest BCUT2D eigenvalue weighted by Crippen LogP contribution is -2.13. The molecule has 0 saturated heterocycles. The van der Waals surface area contributed by atoms with Crippen molar-refractivity contribution in [2.45, 2.75) is 45.5 Å². The zero-order chi connectivity index (χ0) is 19.2. The average molecular weight is 352 g/mol. The van der Waals surface area contributed by atoms with E-state index in [9.17, 15) is 5.11 Å². The van der Waals surface area contributed by atoms with Crippen LogP contribution in [0.3, 0.4) is 0 Å². The van der Waals surface area contributed by atoms with E-state index >= 15 is 0 Å².